The third-order valence-electron chi connectivity index (χ3n) is 2.75. The van der Waals surface area contributed by atoms with Crippen molar-refractivity contribution in [3.8, 4) is 0 Å². The van der Waals surface area contributed by atoms with E-state index in [1.165, 1.54) is 7.11 Å². The molecule has 0 amide bonds. The van der Waals surface area contributed by atoms with E-state index < -0.39 is 12.1 Å². The molecule has 14 heavy (non-hydrogen) atoms. The van der Waals surface area contributed by atoms with Crippen LogP contribution < -0.4 is 5.32 Å². The highest BCUT2D eigenvalue weighted by Crippen LogP contribution is 2.33. The summed E-state index contributed by atoms with van der Waals surface area (Å²) in [4.78, 5) is 11.5. The highest BCUT2D eigenvalue weighted by molar-refractivity contribution is 5.85. The maximum Gasteiger partial charge on any atom is 0.311 e. The van der Waals surface area contributed by atoms with Crippen molar-refractivity contribution in [2.45, 2.75) is 19.3 Å². The molecule has 1 fully saturated rings. The molecule has 1 heterocycles. The van der Waals surface area contributed by atoms with Gasteiger partial charge in [0.05, 0.1) is 19.2 Å². The molecule has 1 aliphatic heterocycles. The summed E-state index contributed by atoms with van der Waals surface area (Å²) in [7, 11) is 1.37. The molecule has 0 saturated carbocycles. The number of methoxy groups -OCH3 is 1. The topological polar surface area (TPSA) is 38.3 Å². The van der Waals surface area contributed by atoms with E-state index in [1.54, 1.807) is 0 Å². The third kappa shape index (κ3) is 2.82. The second-order valence-electron chi connectivity index (χ2n) is 3.46. The van der Waals surface area contributed by atoms with E-state index in [2.05, 4.69) is 5.32 Å². The lowest BCUT2D eigenvalue weighted by Crippen LogP contribution is -2.43. The molecule has 0 aliphatic carbocycles. The third-order valence-corrected chi connectivity index (χ3v) is 2.75. The molecule has 3 nitrogen and oxygen atoms in total. The lowest BCUT2D eigenvalue weighted by atomic mass is 9.76. The van der Waals surface area contributed by atoms with Gasteiger partial charge in [-0.1, -0.05) is 0 Å². The lowest BCUT2D eigenvalue weighted by Gasteiger charge is -2.33. The average Bonchev–Trinajstić information content (AvgIpc) is 2.18. The molecule has 84 valence electrons. The van der Waals surface area contributed by atoms with E-state index in [4.69, 9.17) is 4.74 Å². The predicted octanol–water partition coefficient (Wildman–Crippen LogP) is 1.31. The van der Waals surface area contributed by atoms with Crippen LogP contribution in [0.5, 0.6) is 0 Å². The summed E-state index contributed by atoms with van der Waals surface area (Å²) in [5, 5.41) is 3.15. The molecule has 1 rings (SSSR count). The van der Waals surface area contributed by atoms with Crippen molar-refractivity contribution in [1.82, 2.24) is 5.32 Å². The van der Waals surface area contributed by atoms with Crippen LogP contribution in [0.1, 0.15) is 19.3 Å². The Bertz CT molecular complexity index is 178. The Morgan fingerprint density at radius 2 is 2.07 bits per heavy atom. The van der Waals surface area contributed by atoms with Gasteiger partial charge in [-0.3, -0.25) is 9.18 Å². The van der Waals surface area contributed by atoms with Crippen molar-refractivity contribution >= 4 is 18.4 Å². The van der Waals surface area contributed by atoms with E-state index in [9.17, 15) is 9.18 Å². The number of esters is 1. The molecular weight excluding hydrogens is 209 g/mol. The number of carbonyl (C=O) groups is 1. The van der Waals surface area contributed by atoms with Gasteiger partial charge in [-0.25, -0.2) is 0 Å². The first-order chi connectivity index (χ1) is 6.25. The quantitative estimate of drug-likeness (QED) is 0.737. The number of nitrogens with one attached hydrogen (secondary N) is 1. The normalized spacial score (nSPS) is 19.6. The molecule has 0 spiro atoms. The maximum absolute atomic E-state index is 12.3. The zero-order valence-corrected chi connectivity index (χ0v) is 9.16. The van der Waals surface area contributed by atoms with Gasteiger partial charge < -0.3 is 10.1 Å². The molecule has 0 unspecified atom stereocenters. The summed E-state index contributed by atoms with van der Waals surface area (Å²) in [5.41, 5.74) is -0.561. The average molecular weight is 226 g/mol. The van der Waals surface area contributed by atoms with E-state index in [-0.39, 0.29) is 18.4 Å². The first-order valence-electron chi connectivity index (χ1n) is 4.60. The van der Waals surface area contributed by atoms with Gasteiger partial charge in [0.1, 0.15) is 0 Å². The van der Waals surface area contributed by atoms with Gasteiger partial charge >= 0.3 is 5.97 Å². The van der Waals surface area contributed by atoms with E-state index in [0.29, 0.717) is 19.3 Å². The van der Waals surface area contributed by atoms with Crippen LogP contribution in [-0.4, -0.2) is 32.8 Å². The van der Waals surface area contributed by atoms with Crippen LogP contribution in [0.15, 0.2) is 0 Å². The molecule has 5 heteroatoms. The Labute approximate surface area is 89.8 Å². The largest absolute Gasteiger partial charge is 0.469 e. The summed E-state index contributed by atoms with van der Waals surface area (Å²) in [6.07, 6.45) is 1.66. The van der Waals surface area contributed by atoms with Gasteiger partial charge in [-0.15, -0.1) is 12.4 Å². The lowest BCUT2D eigenvalue weighted by molar-refractivity contribution is -0.155. The molecule has 0 aromatic rings. The van der Waals surface area contributed by atoms with Crippen LogP contribution in [0.2, 0.25) is 0 Å². The Balaban J connectivity index is 0.00000169. The SMILES string of the molecule is COC(=O)C1(CCF)CCNCC1.Cl. The van der Waals surface area contributed by atoms with Crippen LogP contribution in [0.3, 0.4) is 0 Å². The van der Waals surface area contributed by atoms with Gasteiger partial charge in [0, 0.05) is 0 Å². The van der Waals surface area contributed by atoms with Gasteiger partial charge in [0.25, 0.3) is 0 Å². The Hall–Kier alpha value is -0.350. The fraction of sp³-hybridized carbons (Fsp3) is 0.889. The van der Waals surface area contributed by atoms with Crippen molar-refractivity contribution in [3.63, 3.8) is 0 Å². The minimum Gasteiger partial charge on any atom is -0.469 e. The minimum atomic E-state index is -0.561. The summed E-state index contributed by atoms with van der Waals surface area (Å²) in [6.45, 7) is 1.10. The Kier molecular flexibility index (Phi) is 6.04. The van der Waals surface area contributed by atoms with E-state index in [0.717, 1.165) is 13.1 Å². The van der Waals surface area contributed by atoms with Crippen molar-refractivity contribution < 1.29 is 13.9 Å². The molecule has 0 atom stereocenters. The number of halogens is 2. The van der Waals surface area contributed by atoms with Crippen molar-refractivity contribution in [1.29, 1.82) is 0 Å². The number of carbonyl (C=O) groups excluding carboxylic acids is 1. The number of hydrogen-bond donors (Lipinski definition) is 1. The minimum absolute atomic E-state index is 0. The maximum atomic E-state index is 12.3. The standard InChI is InChI=1S/C9H16FNO2.ClH/c1-13-8(12)9(2-5-10)3-6-11-7-4-9;/h11H,2-7H2,1H3;1H. The molecule has 0 radical (unpaired) electrons. The number of alkyl halides is 1. The summed E-state index contributed by atoms with van der Waals surface area (Å²) in [5.74, 6) is -0.258. The van der Waals surface area contributed by atoms with Crippen LogP contribution in [0.25, 0.3) is 0 Å². The van der Waals surface area contributed by atoms with Crippen LogP contribution in [-0.2, 0) is 9.53 Å². The molecule has 1 saturated heterocycles. The number of hydrogen-bond acceptors (Lipinski definition) is 3. The summed E-state index contributed by atoms with van der Waals surface area (Å²) in [6, 6.07) is 0. The first kappa shape index (κ1) is 13.7. The van der Waals surface area contributed by atoms with Gasteiger partial charge in [-0.05, 0) is 32.4 Å². The predicted molar refractivity (Wildman–Crippen MR) is 54.4 cm³/mol. The number of rotatable bonds is 3. The van der Waals surface area contributed by atoms with Crippen molar-refractivity contribution in [2.75, 3.05) is 26.9 Å². The number of ether oxygens (including phenoxy) is 1. The van der Waals surface area contributed by atoms with E-state index >= 15 is 0 Å². The molecule has 0 bridgehead atoms. The smallest absolute Gasteiger partial charge is 0.311 e. The monoisotopic (exact) mass is 225 g/mol. The Morgan fingerprint density at radius 1 is 1.50 bits per heavy atom. The molecule has 0 aromatic carbocycles. The number of piperidine rings is 1. The Morgan fingerprint density at radius 3 is 2.50 bits per heavy atom. The highest BCUT2D eigenvalue weighted by Gasteiger charge is 2.40. The highest BCUT2D eigenvalue weighted by atomic mass is 35.5. The second kappa shape index (κ2) is 6.19. The second-order valence-corrected chi connectivity index (χ2v) is 3.46. The zero-order valence-electron chi connectivity index (χ0n) is 8.35. The fourth-order valence-electron chi connectivity index (χ4n) is 1.86. The van der Waals surface area contributed by atoms with Gasteiger partial charge in [0.2, 0.25) is 0 Å². The van der Waals surface area contributed by atoms with Crippen LogP contribution in [0.4, 0.5) is 4.39 Å². The van der Waals surface area contributed by atoms with Crippen LogP contribution in [0, 0.1) is 5.41 Å². The fourth-order valence-corrected chi connectivity index (χ4v) is 1.86. The van der Waals surface area contributed by atoms with Crippen molar-refractivity contribution in [2.24, 2.45) is 5.41 Å². The summed E-state index contributed by atoms with van der Waals surface area (Å²) < 4.78 is 17.0. The molecule has 1 N–H and O–H groups in total. The van der Waals surface area contributed by atoms with E-state index in [1.807, 2.05) is 0 Å². The molecular formula is C9H17ClFNO2. The summed E-state index contributed by atoms with van der Waals surface area (Å²) >= 11 is 0. The van der Waals surface area contributed by atoms with Gasteiger partial charge in [-0.2, -0.15) is 0 Å². The van der Waals surface area contributed by atoms with Gasteiger partial charge in [0.15, 0.2) is 0 Å². The molecule has 0 aromatic heterocycles. The first-order valence-corrected chi connectivity index (χ1v) is 4.60. The van der Waals surface area contributed by atoms with Crippen LogP contribution >= 0.6 is 12.4 Å². The zero-order chi connectivity index (χ0) is 9.73. The van der Waals surface area contributed by atoms with Crippen molar-refractivity contribution in [3.05, 3.63) is 0 Å². The molecule has 1 aliphatic rings.